The van der Waals surface area contributed by atoms with E-state index in [1.807, 2.05) is 13.1 Å². The molecule has 0 amide bonds. The zero-order valence-corrected chi connectivity index (χ0v) is 8.36. The molecule has 0 aliphatic carbocycles. The Balaban J connectivity index is 2.15. The zero-order valence-electron chi connectivity index (χ0n) is 8.36. The van der Waals surface area contributed by atoms with Gasteiger partial charge in [-0.25, -0.2) is 0 Å². The van der Waals surface area contributed by atoms with Crippen molar-refractivity contribution in [1.29, 1.82) is 0 Å². The lowest BCUT2D eigenvalue weighted by molar-refractivity contribution is -0.385. The standard InChI is InChI=1S/C10H13NO4/c1-11-5-4-7-2-3-8-9(6-7)15-10(12,13)14-8/h2-3,6,11-13H,4-5H2,1H3. The normalized spacial score (nSPS) is 16.7. The summed E-state index contributed by atoms with van der Waals surface area (Å²) < 4.78 is 9.51. The molecule has 82 valence electrons. The Morgan fingerprint density at radius 2 is 2.00 bits per heavy atom. The molecule has 0 atom stereocenters. The molecule has 0 saturated heterocycles. The number of rotatable bonds is 3. The minimum absolute atomic E-state index is 0.341. The fraction of sp³-hybridized carbons (Fsp3) is 0.400. The minimum atomic E-state index is -2.52. The summed E-state index contributed by atoms with van der Waals surface area (Å²) in [6, 6.07) is 5.26. The lowest BCUT2D eigenvalue weighted by Crippen LogP contribution is -2.37. The summed E-state index contributed by atoms with van der Waals surface area (Å²) in [7, 11) is 1.87. The quantitative estimate of drug-likeness (QED) is 0.605. The van der Waals surface area contributed by atoms with Gasteiger partial charge >= 0.3 is 6.16 Å². The number of ether oxygens (including phenoxy) is 2. The number of likely N-dealkylation sites (N-methyl/N-ethyl adjacent to an activating group) is 1. The zero-order chi connectivity index (χ0) is 10.9. The van der Waals surface area contributed by atoms with Crippen LogP contribution in [0.15, 0.2) is 18.2 Å². The van der Waals surface area contributed by atoms with Crippen molar-refractivity contribution >= 4 is 0 Å². The second kappa shape index (κ2) is 3.69. The average molecular weight is 211 g/mol. The molecule has 1 aromatic rings. The SMILES string of the molecule is CNCCc1ccc2c(c1)OC(O)(O)O2. The van der Waals surface area contributed by atoms with Crippen molar-refractivity contribution in [3.63, 3.8) is 0 Å². The highest BCUT2D eigenvalue weighted by Gasteiger charge is 2.37. The summed E-state index contributed by atoms with van der Waals surface area (Å²) in [6.45, 7) is 0.850. The van der Waals surface area contributed by atoms with Gasteiger partial charge in [0, 0.05) is 0 Å². The van der Waals surface area contributed by atoms with Crippen LogP contribution in [0.4, 0.5) is 0 Å². The second-order valence-corrected chi connectivity index (χ2v) is 3.39. The topological polar surface area (TPSA) is 71.0 Å². The van der Waals surface area contributed by atoms with Gasteiger partial charge in [0.15, 0.2) is 11.5 Å². The van der Waals surface area contributed by atoms with Crippen LogP contribution in [0.3, 0.4) is 0 Å². The van der Waals surface area contributed by atoms with Gasteiger partial charge in [0.2, 0.25) is 0 Å². The van der Waals surface area contributed by atoms with Gasteiger partial charge in [-0.15, -0.1) is 0 Å². The number of fused-ring (bicyclic) bond motifs is 1. The minimum Gasteiger partial charge on any atom is -0.403 e. The maximum absolute atomic E-state index is 9.08. The molecular weight excluding hydrogens is 198 g/mol. The summed E-state index contributed by atoms with van der Waals surface area (Å²) in [5.74, 6) is 0.696. The van der Waals surface area contributed by atoms with Crippen LogP contribution < -0.4 is 14.8 Å². The van der Waals surface area contributed by atoms with E-state index in [0.717, 1.165) is 18.5 Å². The molecule has 15 heavy (non-hydrogen) atoms. The third-order valence-corrected chi connectivity index (χ3v) is 2.16. The number of aliphatic hydroxyl groups is 2. The molecule has 2 rings (SSSR count). The third-order valence-electron chi connectivity index (χ3n) is 2.16. The van der Waals surface area contributed by atoms with E-state index in [4.69, 9.17) is 19.7 Å². The van der Waals surface area contributed by atoms with E-state index in [1.54, 1.807) is 12.1 Å². The van der Waals surface area contributed by atoms with Crippen molar-refractivity contribution in [1.82, 2.24) is 5.32 Å². The molecular formula is C10H13NO4. The van der Waals surface area contributed by atoms with Gasteiger partial charge in [-0.2, -0.15) is 0 Å². The first-order chi connectivity index (χ1) is 7.11. The van der Waals surface area contributed by atoms with E-state index in [-0.39, 0.29) is 0 Å². The number of nitrogens with one attached hydrogen (secondary N) is 1. The van der Waals surface area contributed by atoms with Crippen LogP contribution >= 0.6 is 0 Å². The Kier molecular flexibility index (Phi) is 2.52. The Labute approximate surface area is 87.3 Å². The van der Waals surface area contributed by atoms with Crippen molar-refractivity contribution in [3.8, 4) is 11.5 Å². The summed E-state index contributed by atoms with van der Waals surface area (Å²) in [4.78, 5) is 0. The molecule has 0 radical (unpaired) electrons. The molecule has 0 aromatic heterocycles. The molecule has 1 heterocycles. The van der Waals surface area contributed by atoms with Crippen molar-refractivity contribution in [2.45, 2.75) is 12.6 Å². The fourth-order valence-corrected chi connectivity index (χ4v) is 1.45. The molecule has 1 aliphatic rings. The molecule has 0 bridgehead atoms. The molecule has 0 saturated carbocycles. The van der Waals surface area contributed by atoms with Crippen molar-refractivity contribution in [2.24, 2.45) is 0 Å². The van der Waals surface area contributed by atoms with Crippen LogP contribution in [0.2, 0.25) is 0 Å². The van der Waals surface area contributed by atoms with Crippen LogP contribution in [-0.4, -0.2) is 30.0 Å². The lowest BCUT2D eigenvalue weighted by Gasteiger charge is -2.10. The highest BCUT2D eigenvalue weighted by Crippen LogP contribution is 2.37. The van der Waals surface area contributed by atoms with E-state index >= 15 is 0 Å². The Morgan fingerprint density at radius 1 is 1.27 bits per heavy atom. The number of hydrogen-bond donors (Lipinski definition) is 3. The van der Waals surface area contributed by atoms with Gasteiger partial charge in [-0.3, -0.25) is 10.2 Å². The first-order valence-electron chi connectivity index (χ1n) is 4.71. The molecule has 5 heteroatoms. The summed E-state index contributed by atoms with van der Waals surface area (Å²) in [6.07, 6.45) is -1.68. The lowest BCUT2D eigenvalue weighted by atomic mass is 10.1. The van der Waals surface area contributed by atoms with E-state index in [2.05, 4.69) is 5.32 Å². The maximum Gasteiger partial charge on any atom is 0.505 e. The summed E-state index contributed by atoms with van der Waals surface area (Å²) in [5, 5.41) is 21.2. The van der Waals surface area contributed by atoms with E-state index in [9.17, 15) is 0 Å². The second-order valence-electron chi connectivity index (χ2n) is 3.39. The van der Waals surface area contributed by atoms with E-state index in [1.165, 1.54) is 0 Å². The predicted molar refractivity (Wildman–Crippen MR) is 52.5 cm³/mol. The molecule has 1 aromatic carbocycles. The maximum atomic E-state index is 9.08. The highest BCUT2D eigenvalue weighted by molar-refractivity contribution is 5.45. The third kappa shape index (κ3) is 2.20. The average Bonchev–Trinajstić information content (AvgIpc) is 2.47. The monoisotopic (exact) mass is 211 g/mol. The van der Waals surface area contributed by atoms with Crippen molar-refractivity contribution in [2.75, 3.05) is 13.6 Å². The summed E-state index contributed by atoms with van der Waals surface area (Å²) in [5.41, 5.74) is 1.05. The fourth-order valence-electron chi connectivity index (χ4n) is 1.45. The van der Waals surface area contributed by atoms with E-state index in [0.29, 0.717) is 11.5 Å². The Hall–Kier alpha value is -1.30. The molecule has 0 spiro atoms. The molecule has 5 nitrogen and oxygen atoms in total. The number of benzene rings is 1. The Bertz CT molecular complexity index is 364. The van der Waals surface area contributed by atoms with Crippen LogP contribution in [-0.2, 0) is 6.42 Å². The van der Waals surface area contributed by atoms with Crippen LogP contribution in [0.1, 0.15) is 5.56 Å². The van der Waals surface area contributed by atoms with Crippen LogP contribution in [0.5, 0.6) is 11.5 Å². The number of hydrogen-bond acceptors (Lipinski definition) is 5. The predicted octanol–water partition coefficient (Wildman–Crippen LogP) is -0.184. The molecule has 1 aliphatic heterocycles. The first kappa shape index (κ1) is 10.2. The largest absolute Gasteiger partial charge is 0.505 e. The highest BCUT2D eigenvalue weighted by atomic mass is 17.0. The molecule has 0 fully saturated rings. The van der Waals surface area contributed by atoms with Gasteiger partial charge in [0.25, 0.3) is 0 Å². The van der Waals surface area contributed by atoms with Gasteiger partial charge in [-0.05, 0) is 37.7 Å². The first-order valence-corrected chi connectivity index (χ1v) is 4.71. The Morgan fingerprint density at radius 3 is 2.73 bits per heavy atom. The van der Waals surface area contributed by atoms with Crippen LogP contribution in [0, 0.1) is 0 Å². The van der Waals surface area contributed by atoms with Gasteiger partial charge in [0.1, 0.15) is 0 Å². The van der Waals surface area contributed by atoms with Gasteiger partial charge < -0.3 is 14.8 Å². The van der Waals surface area contributed by atoms with E-state index < -0.39 is 6.16 Å². The van der Waals surface area contributed by atoms with Crippen molar-refractivity contribution in [3.05, 3.63) is 23.8 Å². The van der Waals surface area contributed by atoms with Crippen molar-refractivity contribution < 1.29 is 19.7 Å². The van der Waals surface area contributed by atoms with Crippen LogP contribution in [0.25, 0.3) is 0 Å². The summed E-state index contributed by atoms with van der Waals surface area (Å²) >= 11 is 0. The smallest absolute Gasteiger partial charge is 0.403 e. The van der Waals surface area contributed by atoms with Gasteiger partial charge in [0.05, 0.1) is 0 Å². The molecule has 3 N–H and O–H groups in total. The molecule has 0 unspecified atom stereocenters. The van der Waals surface area contributed by atoms with Gasteiger partial charge in [-0.1, -0.05) is 6.07 Å².